The number of rotatable bonds is 4. The number of phenols is 1. The number of carbonyl (C=O) groups is 1. The first kappa shape index (κ1) is 13.4. The van der Waals surface area contributed by atoms with Gasteiger partial charge in [0, 0.05) is 4.47 Å². The molecule has 5 heteroatoms. The molecule has 0 aliphatic heterocycles. The molecule has 0 saturated heterocycles. The Labute approximate surface area is 114 Å². The van der Waals surface area contributed by atoms with Crippen LogP contribution in [-0.4, -0.2) is 28.3 Å². The van der Waals surface area contributed by atoms with Crippen molar-refractivity contribution in [3.05, 3.63) is 28.2 Å². The van der Waals surface area contributed by atoms with Crippen LogP contribution in [0.15, 0.2) is 22.7 Å². The van der Waals surface area contributed by atoms with Crippen molar-refractivity contribution >= 4 is 21.8 Å². The van der Waals surface area contributed by atoms with Gasteiger partial charge in [0.1, 0.15) is 5.75 Å². The number of benzene rings is 1. The number of aromatic hydroxyl groups is 1. The molecule has 98 valence electrons. The second-order valence-electron chi connectivity index (χ2n) is 4.97. The second kappa shape index (κ2) is 4.90. The number of carbonyl (C=O) groups excluding carboxylic acids is 1. The summed E-state index contributed by atoms with van der Waals surface area (Å²) in [5, 5.41) is 22.0. The van der Waals surface area contributed by atoms with E-state index >= 15 is 0 Å². The lowest BCUT2D eigenvalue weighted by atomic mass is 9.96. The molecular weight excluding hydrogens is 298 g/mol. The Bertz CT molecular complexity index is 473. The van der Waals surface area contributed by atoms with Gasteiger partial charge in [0.15, 0.2) is 0 Å². The molecule has 1 atom stereocenters. The van der Waals surface area contributed by atoms with Crippen LogP contribution >= 0.6 is 15.9 Å². The highest BCUT2D eigenvalue weighted by molar-refractivity contribution is 9.10. The van der Waals surface area contributed by atoms with Crippen LogP contribution in [0, 0.1) is 5.92 Å². The molecule has 2 rings (SSSR count). The zero-order valence-corrected chi connectivity index (χ0v) is 11.7. The summed E-state index contributed by atoms with van der Waals surface area (Å²) in [4.78, 5) is 12.1. The van der Waals surface area contributed by atoms with Gasteiger partial charge in [-0.15, -0.1) is 0 Å². The number of halogens is 1. The van der Waals surface area contributed by atoms with E-state index in [9.17, 15) is 15.0 Å². The maximum Gasteiger partial charge on any atom is 0.255 e. The van der Waals surface area contributed by atoms with E-state index in [4.69, 9.17) is 0 Å². The molecule has 0 bridgehead atoms. The van der Waals surface area contributed by atoms with Gasteiger partial charge in [-0.25, -0.2) is 0 Å². The number of aliphatic hydroxyl groups excluding tert-OH is 1. The maximum absolute atomic E-state index is 12.1. The molecule has 1 aliphatic rings. The highest BCUT2D eigenvalue weighted by Crippen LogP contribution is 2.39. The molecule has 1 saturated carbocycles. The van der Waals surface area contributed by atoms with Gasteiger partial charge in [0.05, 0.1) is 17.7 Å². The number of amides is 1. The summed E-state index contributed by atoms with van der Waals surface area (Å²) in [6.07, 6.45) is 2.04. The van der Waals surface area contributed by atoms with Crippen LogP contribution in [0.4, 0.5) is 0 Å². The lowest BCUT2D eigenvalue weighted by Crippen LogP contribution is -2.50. The summed E-state index contributed by atoms with van der Waals surface area (Å²) in [6, 6.07) is 4.73. The molecule has 4 nitrogen and oxygen atoms in total. The predicted octanol–water partition coefficient (Wildman–Crippen LogP) is 2.05. The van der Waals surface area contributed by atoms with Gasteiger partial charge in [-0.3, -0.25) is 4.79 Å². The van der Waals surface area contributed by atoms with Gasteiger partial charge in [-0.2, -0.15) is 0 Å². The molecular formula is C13H16BrNO3. The van der Waals surface area contributed by atoms with Crippen LogP contribution in [0.3, 0.4) is 0 Å². The summed E-state index contributed by atoms with van der Waals surface area (Å²) in [7, 11) is 0. The van der Waals surface area contributed by atoms with Crippen molar-refractivity contribution in [3.63, 3.8) is 0 Å². The van der Waals surface area contributed by atoms with Crippen LogP contribution in [-0.2, 0) is 0 Å². The molecule has 1 aromatic rings. The monoisotopic (exact) mass is 313 g/mol. The van der Waals surface area contributed by atoms with Crippen molar-refractivity contribution in [2.75, 3.05) is 6.61 Å². The zero-order chi connectivity index (χ0) is 13.3. The van der Waals surface area contributed by atoms with Gasteiger partial charge < -0.3 is 15.5 Å². The van der Waals surface area contributed by atoms with Crippen LogP contribution in [0.5, 0.6) is 5.75 Å². The summed E-state index contributed by atoms with van der Waals surface area (Å²) in [5.41, 5.74) is -0.380. The van der Waals surface area contributed by atoms with E-state index in [1.54, 1.807) is 12.1 Å². The standard InChI is InChI=1S/C13H16BrNO3/c1-13(7-16,8-2-3-8)15-12(18)10-5-4-9(14)6-11(10)17/h4-6,8,16-17H,2-3,7H2,1H3,(H,15,18). The van der Waals surface area contributed by atoms with Crippen molar-refractivity contribution in [2.45, 2.75) is 25.3 Å². The molecule has 0 radical (unpaired) electrons. The Balaban J connectivity index is 2.16. The van der Waals surface area contributed by atoms with Crippen molar-refractivity contribution in [2.24, 2.45) is 5.92 Å². The molecule has 1 aromatic carbocycles. The fraction of sp³-hybridized carbons (Fsp3) is 0.462. The second-order valence-corrected chi connectivity index (χ2v) is 5.88. The quantitative estimate of drug-likeness (QED) is 0.796. The first-order valence-corrected chi connectivity index (χ1v) is 6.67. The molecule has 1 amide bonds. The van der Waals surface area contributed by atoms with Gasteiger partial charge in [-0.05, 0) is 43.9 Å². The summed E-state index contributed by atoms with van der Waals surface area (Å²) >= 11 is 3.22. The van der Waals surface area contributed by atoms with E-state index in [1.165, 1.54) is 6.07 Å². The Hall–Kier alpha value is -1.07. The minimum atomic E-state index is -0.601. The van der Waals surface area contributed by atoms with E-state index in [-0.39, 0.29) is 23.8 Å². The highest BCUT2D eigenvalue weighted by Gasteiger charge is 2.42. The van der Waals surface area contributed by atoms with E-state index in [1.807, 2.05) is 6.92 Å². The van der Waals surface area contributed by atoms with Gasteiger partial charge in [0.2, 0.25) is 0 Å². The zero-order valence-electron chi connectivity index (χ0n) is 10.1. The Kier molecular flexibility index (Phi) is 3.64. The number of phenolic OH excluding ortho intramolecular Hbond substituents is 1. The predicted molar refractivity (Wildman–Crippen MR) is 71.5 cm³/mol. The number of nitrogens with one attached hydrogen (secondary N) is 1. The molecule has 1 aliphatic carbocycles. The van der Waals surface area contributed by atoms with Crippen molar-refractivity contribution < 1.29 is 15.0 Å². The fourth-order valence-corrected chi connectivity index (χ4v) is 2.36. The Morgan fingerprint density at radius 1 is 1.56 bits per heavy atom. The van der Waals surface area contributed by atoms with Crippen LogP contribution in [0.2, 0.25) is 0 Å². The molecule has 3 N–H and O–H groups in total. The van der Waals surface area contributed by atoms with Crippen molar-refractivity contribution in [1.29, 1.82) is 0 Å². The summed E-state index contributed by atoms with van der Waals surface area (Å²) in [6.45, 7) is 1.74. The third-order valence-corrected chi connectivity index (χ3v) is 3.90. The lowest BCUT2D eigenvalue weighted by Gasteiger charge is -2.28. The van der Waals surface area contributed by atoms with Gasteiger partial charge in [0.25, 0.3) is 5.91 Å². The van der Waals surface area contributed by atoms with E-state index in [0.29, 0.717) is 10.4 Å². The maximum atomic E-state index is 12.1. The smallest absolute Gasteiger partial charge is 0.255 e. The molecule has 1 fully saturated rings. The first-order chi connectivity index (χ1) is 8.46. The number of hydrogen-bond donors (Lipinski definition) is 3. The van der Waals surface area contributed by atoms with E-state index in [0.717, 1.165) is 12.8 Å². The third-order valence-electron chi connectivity index (χ3n) is 3.41. The lowest BCUT2D eigenvalue weighted by molar-refractivity contribution is 0.0822. The third kappa shape index (κ3) is 2.67. The highest BCUT2D eigenvalue weighted by atomic mass is 79.9. The van der Waals surface area contributed by atoms with Gasteiger partial charge >= 0.3 is 0 Å². The van der Waals surface area contributed by atoms with E-state index in [2.05, 4.69) is 21.2 Å². The Morgan fingerprint density at radius 2 is 2.22 bits per heavy atom. The topological polar surface area (TPSA) is 69.6 Å². The first-order valence-electron chi connectivity index (χ1n) is 5.88. The molecule has 0 spiro atoms. The summed E-state index contributed by atoms with van der Waals surface area (Å²) < 4.78 is 0.712. The van der Waals surface area contributed by atoms with Crippen LogP contribution in [0.25, 0.3) is 0 Å². The molecule has 0 heterocycles. The molecule has 18 heavy (non-hydrogen) atoms. The fourth-order valence-electron chi connectivity index (χ4n) is 2.01. The minimum absolute atomic E-state index is 0.0713. The van der Waals surface area contributed by atoms with Crippen molar-refractivity contribution in [1.82, 2.24) is 5.32 Å². The largest absolute Gasteiger partial charge is 0.507 e. The average molecular weight is 314 g/mol. The average Bonchev–Trinajstić information content (AvgIpc) is 3.12. The molecule has 1 unspecified atom stereocenters. The minimum Gasteiger partial charge on any atom is -0.507 e. The van der Waals surface area contributed by atoms with E-state index < -0.39 is 5.54 Å². The van der Waals surface area contributed by atoms with Crippen LogP contribution in [0.1, 0.15) is 30.1 Å². The van der Waals surface area contributed by atoms with Crippen LogP contribution < -0.4 is 5.32 Å². The normalized spacial score (nSPS) is 18.2. The number of aliphatic hydroxyl groups is 1. The van der Waals surface area contributed by atoms with Gasteiger partial charge in [-0.1, -0.05) is 15.9 Å². The summed E-state index contributed by atoms with van der Waals surface area (Å²) in [5.74, 6) is -0.106. The Morgan fingerprint density at radius 3 is 2.72 bits per heavy atom. The SMILES string of the molecule is CC(CO)(NC(=O)c1ccc(Br)cc1O)C1CC1. The molecule has 0 aromatic heterocycles. The van der Waals surface area contributed by atoms with Crippen molar-refractivity contribution in [3.8, 4) is 5.75 Å². The number of hydrogen-bond acceptors (Lipinski definition) is 3.